The lowest BCUT2D eigenvalue weighted by Gasteiger charge is -2.13. The summed E-state index contributed by atoms with van der Waals surface area (Å²) in [5.74, 6) is -1.12. The average molecular weight is 428 g/mol. The summed E-state index contributed by atoms with van der Waals surface area (Å²) in [5, 5.41) is 6.99. The van der Waals surface area contributed by atoms with E-state index in [4.69, 9.17) is 4.74 Å². The van der Waals surface area contributed by atoms with Crippen LogP contribution in [0, 0.1) is 13.8 Å². The van der Waals surface area contributed by atoms with E-state index in [1.807, 2.05) is 31.2 Å². The van der Waals surface area contributed by atoms with Crippen LogP contribution in [0.15, 0.2) is 24.3 Å². The van der Waals surface area contributed by atoms with Crippen molar-refractivity contribution in [2.45, 2.75) is 72.3 Å². The Morgan fingerprint density at radius 3 is 2.35 bits per heavy atom. The van der Waals surface area contributed by atoms with Crippen LogP contribution in [0.1, 0.15) is 73.3 Å². The Balaban J connectivity index is 1.79. The van der Waals surface area contributed by atoms with Crippen LogP contribution in [0.25, 0.3) is 0 Å². The summed E-state index contributed by atoms with van der Waals surface area (Å²) in [6, 6.07) is 7.55. The standard InChI is InChI=1S/C24H33N3O4/c1-6-7-8-9-19-10-12-20(13-11-19)21(28)14-15-22(29)31-18(4)24(30)25-23-16(2)26-27(5)17(23)3/h10-13,18H,6-9,14-15H2,1-5H3,(H,25,30). The molecule has 0 radical (unpaired) electrons. The first kappa shape index (κ1) is 24.3. The van der Waals surface area contributed by atoms with Gasteiger partial charge in [0.2, 0.25) is 0 Å². The molecule has 0 fully saturated rings. The van der Waals surface area contributed by atoms with Gasteiger partial charge in [0.1, 0.15) is 0 Å². The highest BCUT2D eigenvalue weighted by Gasteiger charge is 2.21. The van der Waals surface area contributed by atoms with E-state index in [-0.39, 0.29) is 18.6 Å². The van der Waals surface area contributed by atoms with Crippen LogP contribution in [0.2, 0.25) is 0 Å². The molecular formula is C24H33N3O4. The normalized spacial score (nSPS) is 11.8. The third-order valence-electron chi connectivity index (χ3n) is 5.34. The van der Waals surface area contributed by atoms with Crippen LogP contribution in [0.3, 0.4) is 0 Å². The van der Waals surface area contributed by atoms with Crippen molar-refractivity contribution < 1.29 is 19.1 Å². The summed E-state index contributed by atoms with van der Waals surface area (Å²) < 4.78 is 6.87. The van der Waals surface area contributed by atoms with E-state index < -0.39 is 18.0 Å². The Morgan fingerprint density at radius 1 is 1.10 bits per heavy atom. The van der Waals surface area contributed by atoms with Gasteiger partial charge in [-0.3, -0.25) is 19.1 Å². The highest BCUT2D eigenvalue weighted by atomic mass is 16.5. The molecule has 0 aliphatic carbocycles. The van der Waals surface area contributed by atoms with Crippen molar-refractivity contribution in [2.24, 2.45) is 7.05 Å². The molecule has 168 valence electrons. The third-order valence-corrected chi connectivity index (χ3v) is 5.34. The number of unbranched alkanes of at least 4 members (excludes halogenated alkanes) is 2. The molecular weight excluding hydrogens is 394 g/mol. The zero-order valence-electron chi connectivity index (χ0n) is 19.2. The monoisotopic (exact) mass is 427 g/mol. The van der Waals surface area contributed by atoms with Crippen LogP contribution < -0.4 is 5.32 Å². The number of hydrogen-bond acceptors (Lipinski definition) is 5. The molecule has 0 bridgehead atoms. The number of aromatic nitrogens is 2. The lowest BCUT2D eigenvalue weighted by Crippen LogP contribution is -2.30. The summed E-state index contributed by atoms with van der Waals surface area (Å²) in [4.78, 5) is 36.8. The summed E-state index contributed by atoms with van der Waals surface area (Å²) in [5.41, 5.74) is 3.91. The third kappa shape index (κ3) is 7.05. The minimum atomic E-state index is -0.969. The first-order chi connectivity index (χ1) is 14.7. The van der Waals surface area contributed by atoms with Gasteiger partial charge < -0.3 is 10.1 Å². The molecule has 1 aromatic heterocycles. The molecule has 1 heterocycles. The molecule has 0 spiro atoms. The Hall–Kier alpha value is -2.96. The van der Waals surface area contributed by atoms with E-state index in [1.54, 1.807) is 18.7 Å². The number of esters is 1. The molecule has 2 aromatic rings. The Morgan fingerprint density at radius 2 is 1.77 bits per heavy atom. The highest BCUT2D eigenvalue weighted by Crippen LogP contribution is 2.19. The Labute approximate surface area is 184 Å². The largest absolute Gasteiger partial charge is 0.453 e. The molecule has 7 heteroatoms. The van der Waals surface area contributed by atoms with Crippen molar-refractivity contribution in [1.29, 1.82) is 0 Å². The van der Waals surface area contributed by atoms with Gasteiger partial charge in [0, 0.05) is 19.0 Å². The maximum absolute atomic E-state index is 12.4. The van der Waals surface area contributed by atoms with Crippen LogP contribution in [0.4, 0.5) is 5.69 Å². The summed E-state index contributed by atoms with van der Waals surface area (Å²) >= 11 is 0. The Kier molecular flexibility index (Phi) is 8.97. The van der Waals surface area contributed by atoms with Gasteiger partial charge in [0.15, 0.2) is 11.9 Å². The number of nitrogens with zero attached hydrogens (tertiary/aromatic N) is 2. The van der Waals surface area contributed by atoms with Gasteiger partial charge in [0.25, 0.3) is 5.91 Å². The van der Waals surface area contributed by atoms with E-state index in [0.29, 0.717) is 16.9 Å². The number of nitrogens with one attached hydrogen (secondary N) is 1. The Bertz CT molecular complexity index is 916. The number of amides is 1. The lowest BCUT2D eigenvalue weighted by molar-refractivity contribution is -0.153. The zero-order valence-corrected chi connectivity index (χ0v) is 19.2. The first-order valence-corrected chi connectivity index (χ1v) is 10.9. The van der Waals surface area contributed by atoms with Crippen molar-refractivity contribution in [3.05, 3.63) is 46.8 Å². The highest BCUT2D eigenvalue weighted by molar-refractivity contribution is 5.98. The van der Waals surface area contributed by atoms with E-state index in [9.17, 15) is 14.4 Å². The van der Waals surface area contributed by atoms with Crippen molar-refractivity contribution in [2.75, 3.05) is 5.32 Å². The van der Waals surface area contributed by atoms with Crippen LogP contribution >= 0.6 is 0 Å². The van der Waals surface area contributed by atoms with Gasteiger partial charge >= 0.3 is 5.97 Å². The molecule has 31 heavy (non-hydrogen) atoms. The van der Waals surface area contributed by atoms with Gasteiger partial charge in [-0.2, -0.15) is 5.10 Å². The van der Waals surface area contributed by atoms with Gasteiger partial charge in [-0.25, -0.2) is 0 Å². The van der Waals surface area contributed by atoms with Gasteiger partial charge in [-0.1, -0.05) is 44.0 Å². The van der Waals surface area contributed by atoms with Crippen LogP contribution in [-0.2, 0) is 27.8 Å². The molecule has 1 N–H and O–H groups in total. The smallest absolute Gasteiger partial charge is 0.307 e. The van der Waals surface area contributed by atoms with Gasteiger partial charge in [-0.05, 0) is 39.2 Å². The summed E-state index contributed by atoms with van der Waals surface area (Å²) in [6.07, 6.45) is 3.52. The number of Topliss-reactive ketones (excluding diaryl/α,β-unsaturated/α-hetero) is 1. The van der Waals surface area contributed by atoms with E-state index in [1.165, 1.54) is 25.3 Å². The van der Waals surface area contributed by atoms with Crippen molar-refractivity contribution >= 4 is 23.3 Å². The fraction of sp³-hybridized carbons (Fsp3) is 0.500. The summed E-state index contributed by atoms with van der Waals surface area (Å²) in [6.45, 7) is 7.31. The second kappa shape index (κ2) is 11.4. The number of carbonyl (C=O) groups is 3. The maximum Gasteiger partial charge on any atom is 0.307 e. The van der Waals surface area contributed by atoms with Crippen molar-refractivity contribution in [3.63, 3.8) is 0 Å². The molecule has 1 aromatic carbocycles. The van der Waals surface area contributed by atoms with Gasteiger partial charge in [0.05, 0.1) is 23.5 Å². The molecule has 2 rings (SSSR count). The van der Waals surface area contributed by atoms with E-state index >= 15 is 0 Å². The number of aryl methyl sites for hydroxylation is 3. The van der Waals surface area contributed by atoms with Crippen LogP contribution in [-0.4, -0.2) is 33.5 Å². The molecule has 0 saturated heterocycles. The second-order valence-electron chi connectivity index (χ2n) is 7.87. The molecule has 1 atom stereocenters. The number of rotatable bonds is 11. The van der Waals surface area contributed by atoms with Crippen molar-refractivity contribution in [1.82, 2.24) is 9.78 Å². The molecule has 0 aliphatic rings. The first-order valence-electron chi connectivity index (χ1n) is 10.9. The number of carbonyl (C=O) groups excluding carboxylic acids is 3. The van der Waals surface area contributed by atoms with Gasteiger partial charge in [-0.15, -0.1) is 0 Å². The SMILES string of the molecule is CCCCCc1ccc(C(=O)CCC(=O)OC(C)C(=O)Nc2c(C)nn(C)c2C)cc1. The van der Waals surface area contributed by atoms with E-state index in [2.05, 4.69) is 17.3 Å². The molecule has 7 nitrogen and oxygen atoms in total. The van der Waals surface area contributed by atoms with Crippen molar-refractivity contribution in [3.8, 4) is 0 Å². The number of hydrogen-bond donors (Lipinski definition) is 1. The predicted molar refractivity (Wildman–Crippen MR) is 120 cm³/mol. The average Bonchev–Trinajstić information content (AvgIpc) is 2.98. The van der Waals surface area contributed by atoms with E-state index in [0.717, 1.165) is 18.5 Å². The molecule has 0 saturated carbocycles. The predicted octanol–water partition coefficient (Wildman–Crippen LogP) is 4.30. The second-order valence-corrected chi connectivity index (χ2v) is 7.87. The molecule has 1 amide bonds. The molecule has 1 unspecified atom stereocenters. The fourth-order valence-electron chi connectivity index (χ4n) is 3.29. The molecule has 0 aliphatic heterocycles. The minimum Gasteiger partial charge on any atom is -0.453 e. The topological polar surface area (TPSA) is 90.3 Å². The minimum absolute atomic E-state index is 0.0448. The quantitative estimate of drug-likeness (QED) is 0.328. The fourth-order valence-corrected chi connectivity index (χ4v) is 3.29. The number of ketones is 1. The zero-order chi connectivity index (χ0) is 23.0. The lowest BCUT2D eigenvalue weighted by atomic mass is 10.0. The number of ether oxygens (including phenoxy) is 1. The van der Waals surface area contributed by atoms with Crippen LogP contribution in [0.5, 0.6) is 0 Å². The summed E-state index contributed by atoms with van der Waals surface area (Å²) in [7, 11) is 1.79. The number of benzene rings is 1. The maximum atomic E-state index is 12.4. The number of anilines is 1.